The quantitative estimate of drug-likeness (QED) is 0.381. The van der Waals surface area contributed by atoms with Gasteiger partial charge in [-0.15, -0.1) is 0 Å². The van der Waals surface area contributed by atoms with Gasteiger partial charge in [0.15, 0.2) is 0 Å². The summed E-state index contributed by atoms with van der Waals surface area (Å²) in [6, 6.07) is 26.4. The van der Waals surface area contributed by atoms with Gasteiger partial charge in [-0.2, -0.15) is 0 Å². The van der Waals surface area contributed by atoms with Gasteiger partial charge < -0.3 is 15.1 Å². The van der Waals surface area contributed by atoms with Crippen molar-refractivity contribution >= 4 is 17.7 Å². The smallest absolute Gasteiger partial charge is 0.412 e. The van der Waals surface area contributed by atoms with Gasteiger partial charge in [0.25, 0.3) is 0 Å². The fourth-order valence-corrected chi connectivity index (χ4v) is 6.16. The number of nitrogens with zero attached hydrogens (tertiary/aromatic N) is 2. The first-order chi connectivity index (χ1) is 18.9. The molecule has 1 heterocycles. The molecule has 3 atom stereocenters. The third-order valence-electron chi connectivity index (χ3n) is 8.35. The Bertz CT molecular complexity index is 1250. The van der Waals surface area contributed by atoms with Crippen molar-refractivity contribution in [3.8, 4) is 0 Å². The number of carbonyl (C=O) groups is 2. The number of rotatable bonds is 8. The van der Waals surface area contributed by atoms with Crippen LogP contribution < -0.4 is 10.2 Å². The lowest BCUT2D eigenvalue weighted by atomic mass is 9.82. The molecule has 0 unspecified atom stereocenters. The molecule has 39 heavy (non-hydrogen) atoms. The van der Waals surface area contributed by atoms with Gasteiger partial charge in [0.1, 0.15) is 6.04 Å². The number of carbonyl (C=O) groups excluding carboxylic acids is 1. The fourth-order valence-electron chi connectivity index (χ4n) is 6.16. The van der Waals surface area contributed by atoms with Crippen molar-refractivity contribution in [1.29, 1.82) is 0 Å². The number of amides is 2. The summed E-state index contributed by atoms with van der Waals surface area (Å²) < 4.78 is 0. The number of aliphatic hydroxyl groups excluding tert-OH is 1. The summed E-state index contributed by atoms with van der Waals surface area (Å²) in [5.41, 5.74) is 1.80. The molecule has 7 heteroatoms. The lowest BCUT2D eigenvalue weighted by Gasteiger charge is -2.43. The van der Waals surface area contributed by atoms with Gasteiger partial charge in [-0.05, 0) is 61.3 Å². The maximum Gasteiger partial charge on any atom is 0.412 e. The van der Waals surface area contributed by atoms with Crippen molar-refractivity contribution < 1.29 is 19.8 Å². The van der Waals surface area contributed by atoms with E-state index in [-0.39, 0.29) is 12.3 Å². The Balaban J connectivity index is 1.51. The van der Waals surface area contributed by atoms with Crippen molar-refractivity contribution in [2.75, 3.05) is 4.90 Å². The molecular weight excluding hydrogens is 490 g/mol. The Morgan fingerprint density at radius 1 is 0.949 bits per heavy atom. The van der Waals surface area contributed by atoms with Gasteiger partial charge in [-0.25, -0.2) is 4.79 Å². The number of anilines is 1. The van der Waals surface area contributed by atoms with Gasteiger partial charge in [-0.1, -0.05) is 85.8 Å². The van der Waals surface area contributed by atoms with Gasteiger partial charge in [0.2, 0.25) is 5.91 Å². The molecule has 3 aromatic rings. The van der Waals surface area contributed by atoms with Crippen LogP contribution in [0.3, 0.4) is 0 Å². The number of nitrogens with one attached hydrogen (secondary N) is 1. The molecule has 7 nitrogen and oxygen atoms in total. The van der Waals surface area contributed by atoms with Crippen LogP contribution in [-0.2, 0) is 17.8 Å². The topological polar surface area (TPSA) is 93.1 Å². The summed E-state index contributed by atoms with van der Waals surface area (Å²) in [4.78, 5) is 29.9. The second kappa shape index (κ2) is 11.6. The van der Waals surface area contributed by atoms with E-state index < -0.39 is 29.9 Å². The molecule has 1 saturated carbocycles. The summed E-state index contributed by atoms with van der Waals surface area (Å²) >= 11 is 0. The number of benzene rings is 3. The zero-order valence-electron chi connectivity index (χ0n) is 22.3. The molecule has 1 saturated heterocycles. The molecule has 2 fully saturated rings. The molecule has 0 aromatic heterocycles. The Hall–Kier alpha value is -3.68. The molecule has 0 radical (unpaired) electrons. The van der Waals surface area contributed by atoms with E-state index in [1.807, 2.05) is 71.6 Å². The summed E-state index contributed by atoms with van der Waals surface area (Å²) in [5.74, 6) is 0.388. The SMILES string of the molecule is CC1CCC2(CC1)N[C@@H]([C@@H](O)[C@H](Cc1ccccc1)N(C(=O)O)c1ccccc1)C(=O)N2Cc1ccccc1. The van der Waals surface area contributed by atoms with Gasteiger partial charge in [-0.3, -0.25) is 15.0 Å². The molecule has 2 aliphatic rings. The first kappa shape index (κ1) is 26.9. The molecule has 3 aromatic carbocycles. The Morgan fingerprint density at radius 3 is 2.05 bits per heavy atom. The van der Waals surface area contributed by atoms with E-state index in [0.717, 1.165) is 36.8 Å². The van der Waals surface area contributed by atoms with Crippen LogP contribution in [0.4, 0.5) is 10.5 Å². The predicted octanol–water partition coefficient (Wildman–Crippen LogP) is 5.05. The van der Waals surface area contributed by atoms with Crippen molar-refractivity contribution in [3.63, 3.8) is 0 Å². The van der Waals surface area contributed by atoms with Crippen LogP contribution in [0, 0.1) is 5.92 Å². The summed E-state index contributed by atoms with van der Waals surface area (Å²) in [6.07, 6.45) is 1.36. The molecule has 2 amide bonds. The van der Waals surface area contributed by atoms with Crippen LogP contribution in [0.25, 0.3) is 0 Å². The largest absolute Gasteiger partial charge is 0.465 e. The second-order valence-corrected chi connectivity index (χ2v) is 11.0. The van der Waals surface area contributed by atoms with Crippen molar-refractivity contribution in [3.05, 3.63) is 102 Å². The molecule has 0 bridgehead atoms. The van der Waals surface area contributed by atoms with E-state index in [1.54, 1.807) is 24.3 Å². The van der Waals surface area contributed by atoms with E-state index in [4.69, 9.17) is 0 Å². The summed E-state index contributed by atoms with van der Waals surface area (Å²) in [5, 5.41) is 25.9. The zero-order valence-corrected chi connectivity index (χ0v) is 22.3. The highest BCUT2D eigenvalue weighted by Crippen LogP contribution is 2.40. The van der Waals surface area contributed by atoms with E-state index in [2.05, 4.69) is 12.2 Å². The number of aliphatic hydroxyl groups is 1. The molecule has 1 aliphatic carbocycles. The molecule has 1 spiro atoms. The van der Waals surface area contributed by atoms with E-state index >= 15 is 0 Å². The highest BCUT2D eigenvalue weighted by atomic mass is 16.4. The minimum atomic E-state index is -1.27. The average Bonchev–Trinajstić information content (AvgIpc) is 3.22. The van der Waals surface area contributed by atoms with Crippen molar-refractivity contribution in [2.24, 2.45) is 5.92 Å². The number of hydrogen-bond donors (Lipinski definition) is 3. The minimum Gasteiger partial charge on any atom is -0.465 e. The average molecular weight is 528 g/mol. The Morgan fingerprint density at radius 2 is 1.49 bits per heavy atom. The fraction of sp³-hybridized carbons (Fsp3) is 0.375. The highest BCUT2D eigenvalue weighted by molar-refractivity contribution is 5.89. The van der Waals surface area contributed by atoms with Crippen LogP contribution >= 0.6 is 0 Å². The predicted molar refractivity (Wildman–Crippen MR) is 151 cm³/mol. The second-order valence-electron chi connectivity index (χ2n) is 11.0. The zero-order chi connectivity index (χ0) is 27.4. The summed E-state index contributed by atoms with van der Waals surface area (Å²) in [6.45, 7) is 2.67. The Labute approximate surface area is 230 Å². The van der Waals surface area contributed by atoms with Crippen LogP contribution in [0.2, 0.25) is 0 Å². The molecular formula is C32H37N3O4. The monoisotopic (exact) mass is 527 g/mol. The van der Waals surface area contributed by atoms with Gasteiger partial charge >= 0.3 is 6.09 Å². The lowest BCUT2D eigenvalue weighted by Crippen LogP contribution is -2.58. The van der Waals surface area contributed by atoms with Gasteiger partial charge in [0, 0.05) is 12.2 Å². The van der Waals surface area contributed by atoms with Crippen LogP contribution in [0.15, 0.2) is 91.0 Å². The van der Waals surface area contributed by atoms with Crippen LogP contribution in [0.1, 0.15) is 43.7 Å². The first-order valence-electron chi connectivity index (χ1n) is 13.8. The molecule has 3 N–H and O–H groups in total. The standard InChI is InChI=1S/C32H37N3O4/c1-23-17-19-32(20-18-23)33-28(30(37)34(32)22-25-13-7-3-8-14-25)29(36)27(21-24-11-5-2-6-12-24)35(31(38)39)26-15-9-4-10-16-26/h2-16,23,27-29,33,36H,17-22H2,1H3,(H,38,39)/t23?,27-,28-,29-,32?/m0/s1. The maximum absolute atomic E-state index is 14.1. The van der Waals surface area contributed by atoms with Gasteiger partial charge in [0.05, 0.1) is 17.8 Å². The number of carboxylic acid groups (broad SMARTS) is 1. The van der Waals surface area contributed by atoms with E-state index in [9.17, 15) is 19.8 Å². The molecule has 5 rings (SSSR count). The molecule has 204 valence electrons. The van der Waals surface area contributed by atoms with E-state index in [0.29, 0.717) is 18.2 Å². The molecule has 1 aliphatic heterocycles. The third-order valence-corrected chi connectivity index (χ3v) is 8.35. The lowest BCUT2D eigenvalue weighted by molar-refractivity contribution is -0.135. The number of para-hydroxylation sites is 1. The van der Waals surface area contributed by atoms with E-state index in [1.165, 1.54) is 4.90 Å². The normalized spacial score (nSPS) is 24.5. The highest BCUT2D eigenvalue weighted by Gasteiger charge is 2.54. The number of hydrogen-bond acceptors (Lipinski definition) is 4. The summed E-state index contributed by atoms with van der Waals surface area (Å²) in [7, 11) is 0. The van der Waals surface area contributed by atoms with Crippen LogP contribution in [0.5, 0.6) is 0 Å². The third kappa shape index (κ3) is 5.70. The van der Waals surface area contributed by atoms with Crippen LogP contribution in [-0.4, -0.2) is 51.0 Å². The van der Waals surface area contributed by atoms with Crippen molar-refractivity contribution in [1.82, 2.24) is 10.2 Å². The Kier molecular flexibility index (Phi) is 8.00. The first-order valence-corrected chi connectivity index (χ1v) is 13.8. The van der Waals surface area contributed by atoms with Crippen molar-refractivity contribution in [2.45, 2.75) is 69.4 Å². The maximum atomic E-state index is 14.1. The minimum absolute atomic E-state index is 0.183.